The zero-order valence-corrected chi connectivity index (χ0v) is 20.8. The summed E-state index contributed by atoms with van der Waals surface area (Å²) in [5, 5.41) is 14.8. The van der Waals surface area contributed by atoms with Crippen molar-refractivity contribution in [2.45, 2.75) is 60.4 Å². The SMILES string of the molecule is CC.CC(C)Nc1cccc(C(C)C)c1.Cc1ccc(Oc2ccnc(/C=N\O)c2)cc1N. The Morgan fingerprint density at radius 3 is 2.30 bits per heavy atom. The number of aromatic nitrogens is 1. The largest absolute Gasteiger partial charge is 0.457 e. The Morgan fingerprint density at radius 2 is 1.70 bits per heavy atom. The first-order valence-electron chi connectivity index (χ1n) is 11.3. The number of hydrogen-bond donors (Lipinski definition) is 3. The topological polar surface area (TPSA) is 92.8 Å². The Hall–Kier alpha value is -3.54. The number of nitrogen functional groups attached to an aromatic ring is 1. The Morgan fingerprint density at radius 1 is 1.00 bits per heavy atom. The van der Waals surface area contributed by atoms with Crippen molar-refractivity contribution in [3.8, 4) is 11.5 Å². The van der Waals surface area contributed by atoms with E-state index >= 15 is 0 Å². The highest BCUT2D eigenvalue weighted by molar-refractivity contribution is 5.76. The van der Waals surface area contributed by atoms with E-state index in [1.54, 1.807) is 24.4 Å². The van der Waals surface area contributed by atoms with Gasteiger partial charge in [0.2, 0.25) is 0 Å². The molecule has 4 N–H and O–H groups in total. The van der Waals surface area contributed by atoms with Crippen LogP contribution < -0.4 is 15.8 Å². The van der Waals surface area contributed by atoms with E-state index < -0.39 is 0 Å². The van der Waals surface area contributed by atoms with Crippen LogP contribution in [0.5, 0.6) is 11.5 Å². The van der Waals surface area contributed by atoms with E-state index in [4.69, 9.17) is 15.7 Å². The van der Waals surface area contributed by atoms with Crippen LogP contribution in [0.2, 0.25) is 0 Å². The summed E-state index contributed by atoms with van der Waals surface area (Å²) in [6, 6.07) is 18.0. The van der Waals surface area contributed by atoms with Crippen LogP contribution in [0.25, 0.3) is 0 Å². The van der Waals surface area contributed by atoms with Gasteiger partial charge in [0.1, 0.15) is 11.5 Å². The van der Waals surface area contributed by atoms with Gasteiger partial charge in [-0.2, -0.15) is 0 Å². The first-order chi connectivity index (χ1) is 15.8. The summed E-state index contributed by atoms with van der Waals surface area (Å²) in [6.07, 6.45) is 2.81. The highest BCUT2D eigenvalue weighted by Gasteiger charge is 2.02. The third-order valence-electron chi connectivity index (χ3n) is 4.44. The first-order valence-corrected chi connectivity index (χ1v) is 11.3. The summed E-state index contributed by atoms with van der Waals surface area (Å²) in [7, 11) is 0. The lowest BCUT2D eigenvalue weighted by Gasteiger charge is -2.12. The van der Waals surface area contributed by atoms with Gasteiger partial charge >= 0.3 is 0 Å². The molecule has 1 aromatic heterocycles. The van der Waals surface area contributed by atoms with E-state index in [1.807, 2.05) is 32.9 Å². The fourth-order valence-corrected chi connectivity index (χ4v) is 2.76. The van der Waals surface area contributed by atoms with Crippen molar-refractivity contribution < 1.29 is 9.94 Å². The van der Waals surface area contributed by atoms with Gasteiger partial charge in [-0.25, -0.2) is 0 Å². The molecule has 178 valence electrons. The standard InChI is InChI=1S/C13H13N3O2.C12H19N.C2H6/c1-9-2-3-11(7-13(9)14)18-12-4-5-15-10(6-12)8-16-17;1-9(2)11-6-5-7-12(8-11)13-10(3)4;1-2/h2-8,17H,14H2,1H3;5-10,13H,1-4H3;1-2H3/b16-8-;;. The smallest absolute Gasteiger partial charge is 0.131 e. The first kappa shape index (κ1) is 27.5. The number of anilines is 2. The van der Waals surface area contributed by atoms with Gasteiger partial charge in [0.15, 0.2) is 0 Å². The number of nitrogens with zero attached hydrogens (tertiary/aromatic N) is 2. The van der Waals surface area contributed by atoms with Gasteiger partial charge in [0.05, 0.1) is 11.9 Å². The van der Waals surface area contributed by atoms with Gasteiger partial charge in [0, 0.05) is 35.7 Å². The van der Waals surface area contributed by atoms with Gasteiger partial charge in [-0.3, -0.25) is 4.98 Å². The van der Waals surface area contributed by atoms with Crippen molar-refractivity contribution in [2.24, 2.45) is 5.16 Å². The van der Waals surface area contributed by atoms with E-state index in [2.05, 4.69) is 67.4 Å². The molecule has 0 saturated heterocycles. The molecule has 33 heavy (non-hydrogen) atoms. The van der Waals surface area contributed by atoms with Gasteiger partial charge in [-0.05, 0) is 62.1 Å². The number of hydrogen-bond acceptors (Lipinski definition) is 6. The molecule has 3 aromatic rings. The number of nitrogens with one attached hydrogen (secondary N) is 1. The maximum absolute atomic E-state index is 8.44. The predicted molar refractivity (Wildman–Crippen MR) is 140 cm³/mol. The van der Waals surface area contributed by atoms with Crippen molar-refractivity contribution >= 4 is 17.6 Å². The fraction of sp³-hybridized carbons (Fsp3) is 0.333. The van der Waals surface area contributed by atoms with E-state index in [0.717, 1.165) is 5.56 Å². The summed E-state index contributed by atoms with van der Waals surface area (Å²) in [6.45, 7) is 14.7. The lowest BCUT2D eigenvalue weighted by atomic mass is 10.0. The van der Waals surface area contributed by atoms with Gasteiger partial charge < -0.3 is 21.0 Å². The van der Waals surface area contributed by atoms with Crippen molar-refractivity contribution in [2.75, 3.05) is 11.1 Å². The maximum Gasteiger partial charge on any atom is 0.131 e. The molecule has 1 heterocycles. The van der Waals surface area contributed by atoms with Crippen molar-refractivity contribution in [1.82, 2.24) is 4.98 Å². The quantitative estimate of drug-likeness (QED) is 0.159. The average molecular weight is 451 g/mol. The average Bonchev–Trinajstić information content (AvgIpc) is 2.78. The number of benzene rings is 2. The van der Waals surface area contributed by atoms with Crippen LogP contribution in [0, 0.1) is 6.92 Å². The van der Waals surface area contributed by atoms with E-state index in [1.165, 1.54) is 17.5 Å². The van der Waals surface area contributed by atoms with Crippen LogP contribution in [-0.4, -0.2) is 22.4 Å². The number of pyridine rings is 1. The molecule has 0 atom stereocenters. The second-order valence-corrected chi connectivity index (χ2v) is 7.86. The summed E-state index contributed by atoms with van der Waals surface area (Å²) >= 11 is 0. The molecule has 0 amide bonds. The van der Waals surface area contributed by atoms with Crippen LogP contribution in [0.4, 0.5) is 11.4 Å². The summed E-state index contributed by atoms with van der Waals surface area (Å²) in [5.74, 6) is 1.85. The van der Waals surface area contributed by atoms with E-state index in [9.17, 15) is 0 Å². The maximum atomic E-state index is 8.44. The molecule has 0 bridgehead atoms. The Labute approximate surface area is 198 Å². The molecule has 0 radical (unpaired) electrons. The summed E-state index contributed by atoms with van der Waals surface area (Å²) < 4.78 is 5.64. The van der Waals surface area contributed by atoms with Crippen molar-refractivity contribution in [3.05, 3.63) is 77.6 Å². The van der Waals surface area contributed by atoms with Crippen LogP contribution in [0.15, 0.2) is 65.9 Å². The fourth-order valence-electron chi connectivity index (χ4n) is 2.76. The highest BCUT2D eigenvalue weighted by Crippen LogP contribution is 2.25. The molecule has 0 aliphatic rings. The number of oxime groups is 1. The second kappa shape index (κ2) is 14.5. The molecular formula is C27H38N4O2. The Balaban J connectivity index is 0.000000322. The summed E-state index contributed by atoms with van der Waals surface area (Å²) in [5.41, 5.74) is 10.6. The van der Waals surface area contributed by atoms with Crippen LogP contribution in [-0.2, 0) is 0 Å². The minimum atomic E-state index is 0.502. The Bertz CT molecular complexity index is 1000. The number of ether oxygens (including phenoxy) is 1. The predicted octanol–water partition coefficient (Wildman–Crippen LogP) is 7.23. The van der Waals surface area contributed by atoms with Gasteiger partial charge in [0.25, 0.3) is 0 Å². The molecule has 6 nitrogen and oxygen atoms in total. The molecule has 0 aliphatic heterocycles. The van der Waals surface area contributed by atoms with Crippen molar-refractivity contribution in [3.63, 3.8) is 0 Å². The van der Waals surface area contributed by atoms with E-state index in [0.29, 0.717) is 34.8 Å². The molecule has 2 aromatic carbocycles. The molecule has 0 unspecified atom stereocenters. The normalized spacial score (nSPS) is 10.3. The molecule has 0 spiro atoms. The Kier molecular flexibility index (Phi) is 12.1. The number of nitrogens with two attached hydrogens (primary N) is 1. The lowest BCUT2D eigenvalue weighted by molar-refractivity contribution is 0.321. The third-order valence-corrected chi connectivity index (χ3v) is 4.44. The molecule has 0 aliphatic carbocycles. The van der Waals surface area contributed by atoms with Gasteiger partial charge in [-0.15, -0.1) is 0 Å². The zero-order chi connectivity index (χ0) is 24.8. The monoisotopic (exact) mass is 450 g/mol. The molecule has 0 saturated carbocycles. The minimum absolute atomic E-state index is 0.502. The van der Waals surface area contributed by atoms with E-state index in [-0.39, 0.29) is 0 Å². The van der Waals surface area contributed by atoms with Crippen LogP contribution in [0.1, 0.15) is 64.3 Å². The second-order valence-electron chi connectivity index (χ2n) is 7.86. The molecular weight excluding hydrogens is 412 g/mol. The zero-order valence-electron chi connectivity index (χ0n) is 20.8. The molecule has 3 rings (SSSR count). The number of rotatable bonds is 6. The van der Waals surface area contributed by atoms with Gasteiger partial charge in [-0.1, -0.05) is 51.0 Å². The lowest BCUT2D eigenvalue weighted by Crippen LogP contribution is -2.09. The highest BCUT2D eigenvalue weighted by atomic mass is 16.5. The van der Waals surface area contributed by atoms with Crippen molar-refractivity contribution in [1.29, 1.82) is 0 Å². The summed E-state index contributed by atoms with van der Waals surface area (Å²) in [4.78, 5) is 3.99. The van der Waals surface area contributed by atoms with Crippen LogP contribution >= 0.6 is 0 Å². The van der Waals surface area contributed by atoms with Crippen LogP contribution in [0.3, 0.4) is 0 Å². The minimum Gasteiger partial charge on any atom is -0.457 e. The molecule has 0 fully saturated rings. The molecule has 6 heteroatoms. The number of aryl methyl sites for hydroxylation is 1. The third kappa shape index (κ3) is 10.1.